The minimum atomic E-state index is 0.0680. The van der Waals surface area contributed by atoms with E-state index in [9.17, 15) is 0 Å². The first-order chi connectivity index (χ1) is 7.16. The van der Waals surface area contributed by atoms with Gasteiger partial charge in [-0.15, -0.1) is 0 Å². The molecule has 0 saturated heterocycles. The van der Waals surface area contributed by atoms with Crippen molar-refractivity contribution in [3.05, 3.63) is 12.8 Å². The van der Waals surface area contributed by atoms with Gasteiger partial charge in [-0.25, -0.2) is 0 Å². The zero-order valence-corrected chi connectivity index (χ0v) is 15.0. The van der Waals surface area contributed by atoms with Gasteiger partial charge in [0, 0.05) is 19.0 Å². The molecule has 0 heterocycles. The van der Waals surface area contributed by atoms with Crippen LogP contribution < -0.4 is 0 Å². The van der Waals surface area contributed by atoms with E-state index in [2.05, 4.69) is 54.4 Å². The van der Waals surface area contributed by atoms with Crippen molar-refractivity contribution in [3.63, 3.8) is 0 Å². The molecule has 1 rings (SSSR count). The summed E-state index contributed by atoms with van der Waals surface area (Å²) in [5, 5.41) is 1.26. The van der Waals surface area contributed by atoms with E-state index < -0.39 is 0 Å². The van der Waals surface area contributed by atoms with E-state index in [1.54, 1.807) is 0 Å². The van der Waals surface area contributed by atoms with E-state index in [1.807, 2.05) is 0 Å². The summed E-state index contributed by atoms with van der Waals surface area (Å²) < 4.78 is 0. The molecule has 0 N–H and O–H groups in total. The fourth-order valence-electron chi connectivity index (χ4n) is 2.83. The molecule has 1 aliphatic rings. The third kappa shape index (κ3) is 6.24. The quantitative estimate of drug-likeness (QED) is 0.661. The van der Waals surface area contributed by atoms with Crippen molar-refractivity contribution in [2.45, 2.75) is 75.5 Å². The van der Waals surface area contributed by atoms with E-state index >= 15 is 0 Å². The van der Waals surface area contributed by atoms with Gasteiger partial charge in [-0.05, 0) is 46.8 Å². The first kappa shape index (κ1) is 14.5. The van der Waals surface area contributed by atoms with Gasteiger partial charge >= 0.3 is 0 Å². The Balaban J connectivity index is 2.29. The molecule has 1 aliphatic carbocycles. The van der Waals surface area contributed by atoms with Gasteiger partial charge in [0.15, 0.2) is 0 Å². The summed E-state index contributed by atoms with van der Waals surface area (Å²) in [6, 6.07) is 0. The highest BCUT2D eigenvalue weighted by Crippen LogP contribution is 2.41. The van der Waals surface area contributed by atoms with Crippen molar-refractivity contribution in [3.8, 4) is 0 Å². The van der Waals surface area contributed by atoms with Crippen molar-refractivity contribution < 1.29 is 0 Å². The zero-order valence-electron chi connectivity index (χ0n) is 12.1. The van der Waals surface area contributed by atoms with Crippen molar-refractivity contribution >= 4 is 19.0 Å². The van der Waals surface area contributed by atoms with Crippen LogP contribution in [0.4, 0.5) is 0 Å². The second kappa shape index (κ2) is 5.39. The molecule has 94 valence electrons. The van der Waals surface area contributed by atoms with E-state index in [4.69, 9.17) is 0 Å². The maximum absolute atomic E-state index is 2.68. The highest BCUT2D eigenvalue weighted by molar-refractivity contribution is 6.44. The minimum absolute atomic E-state index is 0.0680. The van der Waals surface area contributed by atoms with Crippen molar-refractivity contribution in [2.75, 3.05) is 0 Å². The van der Waals surface area contributed by atoms with Gasteiger partial charge in [0.05, 0.1) is 0 Å². The van der Waals surface area contributed by atoms with Gasteiger partial charge in [-0.1, -0.05) is 41.5 Å². The smallest absolute Gasteiger partial charge is 0.0296 e. The van der Waals surface area contributed by atoms with Gasteiger partial charge in [0.1, 0.15) is 0 Å². The van der Waals surface area contributed by atoms with Gasteiger partial charge in [-0.2, -0.15) is 0 Å². The molecule has 2 unspecified atom stereocenters. The Bertz CT molecular complexity index is 178. The molecule has 0 aromatic heterocycles. The third-order valence-electron chi connectivity index (χ3n) is 3.29. The highest BCUT2D eigenvalue weighted by Gasteiger charge is 2.28. The van der Waals surface area contributed by atoms with Gasteiger partial charge < -0.3 is 0 Å². The molecule has 2 atom stereocenters. The Morgan fingerprint density at radius 3 is 1.25 bits per heavy atom. The summed E-state index contributed by atoms with van der Waals surface area (Å²) in [5.74, 6) is 0. The van der Waals surface area contributed by atoms with Crippen LogP contribution in [0.2, 0.25) is 21.2 Å². The molecular weight excluding hydrogens is 224 g/mol. The zero-order chi connectivity index (χ0) is 12.4. The second-order valence-corrected chi connectivity index (χ2v) is 15.1. The van der Waals surface area contributed by atoms with Crippen LogP contribution >= 0.6 is 0 Å². The lowest BCUT2D eigenvalue weighted by Gasteiger charge is -2.34. The summed E-state index contributed by atoms with van der Waals surface area (Å²) in [6.07, 6.45) is 8.16. The Morgan fingerprint density at radius 2 is 1.06 bits per heavy atom. The Labute approximate surface area is 108 Å². The van der Waals surface area contributed by atoms with Crippen LogP contribution in [0, 0.1) is 12.8 Å². The molecule has 2 heteroatoms. The molecule has 2 radical (unpaired) electrons. The number of hydrogen-bond donors (Lipinski definition) is 0. The van der Waals surface area contributed by atoms with Crippen LogP contribution in [-0.4, -0.2) is 19.0 Å². The standard InChI is InChI=1S/C14H30Si2/c1-13(2,3)15-11-7-9-12(10-8-11)16-14(4,5)6/h7,10-12H,8-9,15-16H2,1-6H3. The van der Waals surface area contributed by atoms with Crippen molar-refractivity contribution in [1.82, 2.24) is 0 Å². The highest BCUT2D eigenvalue weighted by atomic mass is 28.2. The predicted octanol–water partition coefficient (Wildman–Crippen LogP) is 3.54. The van der Waals surface area contributed by atoms with Crippen LogP contribution in [-0.2, 0) is 0 Å². The topological polar surface area (TPSA) is 0 Å². The maximum atomic E-state index is 2.68. The fourth-order valence-corrected chi connectivity index (χ4v) is 7.42. The molecule has 0 bridgehead atoms. The lowest BCUT2D eigenvalue weighted by Crippen LogP contribution is -2.24. The normalized spacial score (nSPS) is 29.6. The average molecular weight is 255 g/mol. The van der Waals surface area contributed by atoms with Crippen LogP contribution in [0.3, 0.4) is 0 Å². The summed E-state index contributed by atoms with van der Waals surface area (Å²) in [4.78, 5) is 0. The predicted molar refractivity (Wildman–Crippen MR) is 81.9 cm³/mol. The maximum Gasteiger partial charge on any atom is 0.0296 e. The van der Waals surface area contributed by atoms with Crippen LogP contribution in [0.5, 0.6) is 0 Å². The van der Waals surface area contributed by atoms with Gasteiger partial charge in [-0.3, -0.25) is 0 Å². The van der Waals surface area contributed by atoms with Crippen molar-refractivity contribution in [1.29, 1.82) is 0 Å². The molecule has 0 aliphatic heterocycles. The Hall–Kier alpha value is 0.434. The van der Waals surface area contributed by atoms with Gasteiger partial charge in [0.25, 0.3) is 0 Å². The van der Waals surface area contributed by atoms with E-state index in [1.165, 1.54) is 12.8 Å². The molecule has 0 nitrogen and oxygen atoms in total. The molecular formula is C14H30Si2. The summed E-state index contributed by atoms with van der Waals surface area (Å²) >= 11 is 0. The van der Waals surface area contributed by atoms with E-state index in [0.717, 1.165) is 11.1 Å². The molecule has 0 spiro atoms. The molecule has 0 aromatic carbocycles. The first-order valence-corrected chi connectivity index (χ1v) is 9.87. The minimum Gasteiger partial charge on any atom is -0.0631 e. The Morgan fingerprint density at radius 1 is 0.750 bits per heavy atom. The fraction of sp³-hybridized carbons (Fsp3) is 0.857. The average Bonchev–Trinajstić information content (AvgIpc) is 2.03. The molecule has 1 saturated carbocycles. The first-order valence-electron chi connectivity index (χ1n) is 6.82. The lowest BCUT2D eigenvalue weighted by atomic mass is 9.99. The van der Waals surface area contributed by atoms with Crippen molar-refractivity contribution in [2.24, 2.45) is 0 Å². The van der Waals surface area contributed by atoms with Crippen LogP contribution in [0.25, 0.3) is 0 Å². The summed E-state index contributed by atoms with van der Waals surface area (Å²) in [5.41, 5.74) is 1.98. The third-order valence-corrected chi connectivity index (χ3v) is 8.13. The molecule has 0 aromatic rings. The molecule has 0 amide bonds. The van der Waals surface area contributed by atoms with Gasteiger partial charge in [0.2, 0.25) is 0 Å². The van der Waals surface area contributed by atoms with E-state index in [-0.39, 0.29) is 19.0 Å². The van der Waals surface area contributed by atoms with E-state index in [0.29, 0.717) is 10.1 Å². The monoisotopic (exact) mass is 254 g/mol. The summed E-state index contributed by atoms with van der Waals surface area (Å²) in [6.45, 7) is 14.5. The second-order valence-electron chi connectivity index (χ2n) is 7.99. The lowest BCUT2D eigenvalue weighted by molar-refractivity contribution is 0.647. The number of rotatable bonds is 2. The largest absolute Gasteiger partial charge is 0.0631 e. The molecule has 16 heavy (non-hydrogen) atoms. The Kier molecular flexibility index (Phi) is 4.88. The number of hydrogen-bond acceptors (Lipinski definition) is 0. The van der Waals surface area contributed by atoms with Crippen LogP contribution in [0.15, 0.2) is 0 Å². The molecule has 1 fully saturated rings. The SMILES string of the molecule is CC(C)(C)[SiH2]C1[CH]CC([SiH2]C(C)(C)C)[CH]C1. The summed E-state index contributed by atoms with van der Waals surface area (Å²) in [7, 11) is 0.136. The van der Waals surface area contributed by atoms with Crippen LogP contribution in [0.1, 0.15) is 54.4 Å².